The van der Waals surface area contributed by atoms with Gasteiger partial charge in [-0.05, 0) is 87.8 Å². The van der Waals surface area contributed by atoms with Gasteiger partial charge in [0.05, 0.1) is 53.2 Å². The summed E-state index contributed by atoms with van der Waals surface area (Å²) in [6.07, 6.45) is 7.16. The topological polar surface area (TPSA) is 118 Å². The predicted molar refractivity (Wildman–Crippen MR) is 147 cm³/mol. The van der Waals surface area contributed by atoms with E-state index in [0.717, 1.165) is 37.0 Å². The van der Waals surface area contributed by atoms with Gasteiger partial charge in [0, 0.05) is 11.2 Å². The summed E-state index contributed by atoms with van der Waals surface area (Å²) in [5.74, 6) is 0.668. The quantitative estimate of drug-likeness (QED) is 0.454. The highest BCUT2D eigenvalue weighted by Crippen LogP contribution is 2.55. The summed E-state index contributed by atoms with van der Waals surface area (Å²) in [5, 5.41) is 17.4. The van der Waals surface area contributed by atoms with Gasteiger partial charge in [0.2, 0.25) is 5.91 Å². The number of nitriles is 1. The molecule has 0 aromatic heterocycles. The van der Waals surface area contributed by atoms with Crippen LogP contribution >= 0.6 is 11.8 Å². The molecule has 0 unspecified atom stereocenters. The van der Waals surface area contributed by atoms with E-state index >= 15 is 0 Å². The van der Waals surface area contributed by atoms with E-state index in [1.54, 1.807) is 38.1 Å². The fourth-order valence-electron chi connectivity index (χ4n) is 7.50. The van der Waals surface area contributed by atoms with Crippen LogP contribution < -0.4 is 10.6 Å². The van der Waals surface area contributed by atoms with E-state index in [9.17, 15) is 19.6 Å². The summed E-state index contributed by atoms with van der Waals surface area (Å²) in [4.78, 5) is 38.1. The van der Waals surface area contributed by atoms with E-state index in [0.29, 0.717) is 33.0 Å². The molecule has 2 N–H and O–H groups in total. The number of carbonyl (C=O) groups excluding carboxylic acids is 3. The lowest BCUT2D eigenvalue weighted by Crippen LogP contribution is -2.60. The number of allylic oxidation sites excluding steroid dienone is 2. The Labute approximate surface area is 233 Å². The van der Waals surface area contributed by atoms with E-state index in [-0.39, 0.29) is 23.8 Å². The number of thioether (sulfide) groups is 1. The normalized spacial score (nSPS) is 29.0. The Morgan fingerprint density at radius 3 is 2.23 bits per heavy atom. The van der Waals surface area contributed by atoms with Gasteiger partial charge < -0.3 is 20.1 Å². The first kappa shape index (κ1) is 27.3. The molecular formula is C30H35N3O5S. The zero-order chi connectivity index (χ0) is 27.7. The molecule has 0 radical (unpaired) electrons. The average molecular weight is 550 g/mol. The molecule has 206 valence electrons. The van der Waals surface area contributed by atoms with Crippen molar-refractivity contribution < 1.29 is 23.9 Å². The minimum Gasteiger partial charge on any atom is -0.465 e. The predicted octanol–water partition coefficient (Wildman–Crippen LogP) is 4.55. The second kappa shape index (κ2) is 11.1. The standard InChI is InChI=1S/C30H35N3O5S/c1-4-38-29(36)25-17(2)32-27(23(15-31)26(25)21-5-7-22(8-6-21)28(35)37-3)39-16-24(34)33-30-12-18-9-19(13-30)11-20(10-18)14-30/h5-8,18-20,26,32H,4,9-14,16H2,1-3H3,(H,33,34)/t18?,19?,20?,26-,30?/m0/s1. The minimum absolute atomic E-state index is 0.0228. The van der Waals surface area contributed by atoms with Crippen molar-refractivity contribution in [1.82, 2.24) is 10.6 Å². The third kappa shape index (κ3) is 5.44. The molecule has 4 saturated carbocycles. The Morgan fingerprint density at radius 1 is 1.08 bits per heavy atom. The number of nitrogens with one attached hydrogen (secondary N) is 2. The Morgan fingerprint density at radius 2 is 1.69 bits per heavy atom. The lowest BCUT2D eigenvalue weighted by molar-refractivity contribution is -0.138. The largest absolute Gasteiger partial charge is 0.465 e. The van der Waals surface area contributed by atoms with Crippen molar-refractivity contribution in [2.45, 2.75) is 63.8 Å². The number of carbonyl (C=O) groups is 3. The Hall–Kier alpha value is -3.25. The van der Waals surface area contributed by atoms with E-state index in [1.165, 1.54) is 38.1 Å². The highest BCUT2D eigenvalue weighted by atomic mass is 32.2. The van der Waals surface area contributed by atoms with Crippen LogP contribution in [0.4, 0.5) is 0 Å². The van der Waals surface area contributed by atoms with Gasteiger partial charge in [0.15, 0.2) is 0 Å². The van der Waals surface area contributed by atoms with Crippen LogP contribution in [0.15, 0.2) is 46.1 Å². The first-order valence-corrected chi connectivity index (χ1v) is 14.7. The molecule has 1 aliphatic heterocycles. The highest BCUT2D eigenvalue weighted by Gasteiger charge is 2.51. The minimum atomic E-state index is -0.698. The molecule has 4 bridgehead atoms. The Kier molecular flexibility index (Phi) is 7.77. The zero-order valence-corrected chi connectivity index (χ0v) is 23.5. The molecular weight excluding hydrogens is 514 g/mol. The van der Waals surface area contributed by atoms with Crippen molar-refractivity contribution in [2.75, 3.05) is 19.5 Å². The first-order valence-electron chi connectivity index (χ1n) is 13.7. The first-order chi connectivity index (χ1) is 18.8. The molecule has 1 aromatic carbocycles. The molecule has 1 atom stereocenters. The van der Waals surface area contributed by atoms with Gasteiger partial charge in [-0.2, -0.15) is 5.26 Å². The van der Waals surface area contributed by atoms with Crippen molar-refractivity contribution >= 4 is 29.6 Å². The molecule has 4 aliphatic carbocycles. The van der Waals surface area contributed by atoms with Gasteiger partial charge >= 0.3 is 11.9 Å². The van der Waals surface area contributed by atoms with Crippen LogP contribution in [-0.4, -0.2) is 42.9 Å². The molecule has 1 amide bonds. The van der Waals surface area contributed by atoms with Crippen LogP contribution in [0.1, 0.15) is 74.2 Å². The number of amides is 1. The molecule has 1 aromatic rings. The maximum absolute atomic E-state index is 13.2. The van der Waals surface area contributed by atoms with Gasteiger partial charge in [-0.15, -0.1) is 0 Å². The van der Waals surface area contributed by atoms with Crippen LogP contribution in [0.25, 0.3) is 0 Å². The number of esters is 2. The van der Waals surface area contributed by atoms with Crippen molar-refractivity contribution in [3.63, 3.8) is 0 Å². The Bertz CT molecular complexity index is 1240. The summed E-state index contributed by atoms with van der Waals surface area (Å²) in [7, 11) is 1.31. The molecule has 39 heavy (non-hydrogen) atoms. The van der Waals surface area contributed by atoms with Crippen LogP contribution in [0.5, 0.6) is 0 Å². The molecule has 0 spiro atoms. The molecule has 6 rings (SSSR count). The zero-order valence-electron chi connectivity index (χ0n) is 22.7. The van der Waals surface area contributed by atoms with Gasteiger partial charge in [-0.25, -0.2) is 9.59 Å². The summed E-state index contributed by atoms with van der Waals surface area (Å²) < 4.78 is 10.1. The number of hydrogen-bond donors (Lipinski definition) is 2. The van der Waals surface area contributed by atoms with Crippen molar-refractivity contribution in [3.05, 3.63) is 57.3 Å². The number of dihydropyridines is 1. The average Bonchev–Trinajstić information content (AvgIpc) is 2.90. The number of rotatable bonds is 8. The van der Waals surface area contributed by atoms with Crippen LogP contribution in [0.3, 0.4) is 0 Å². The SMILES string of the molecule is CCOC(=O)C1=C(C)NC(SCC(=O)NC23CC4CC(CC(C4)C2)C3)=C(C#N)[C@@H]1c1ccc(C(=O)OC)cc1. The summed E-state index contributed by atoms with van der Waals surface area (Å²) >= 11 is 1.28. The molecule has 4 fully saturated rings. The molecule has 0 saturated heterocycles. The van der Waals surface area contributed by atoms with Crippen molar-refractivity contribution in [3.8, 4) is 6.07 Å². The molecule has 5 aliphatic rings. The monoisotopic (exact) mass is 549 g/mol. The number of ether oxygens (including phenoxy) is 2. The lowest BCUT2D eigenvalue weighted by atomic mass is 9.53. The Balaban J connectivity index is 1.37. The van der Waals surface area contributed by atoms with Crippen molar-refractivity contribution in [1.29, 1.82) is 5.26 Å². The molecule has 1 heterocycles. The second-order valence-electron chi connectivity index (χ2n) is 11.3. The second-order valence-corrected chi connectivity index (χ2v) is 12.3. The van der Waals surface area contributed by atoms with Gasteiger partial charge in [0.25, 0.3) is 0 Å². The third-order valence-electron chi connectivity index (χ3n) is 8.60. The molecule has 9 heteroatoms. The number of methoxy groups -OCH3 is 1. The van der Waals surface area contributed by atoms with Crippen LogP contribution in [-0.2, 0) is 19.1 Å². The maximum Gasteiger partial charge on any atom is 0.337 e. The van der Waals surface area contributed by atoms with E-state index in [4.69, 9.17) is 9.47 Å². The summed E-state index contributed by atoms with van der Waals surface area (Å²) in [6.45, 7) is 3.70. The number of hydrogen-bond acceptors (Lipinski definition) is 8. The van der Waals surface area contributed by atoms with E-state index in [1.807, 2.05) is 0 Å². The van der Waals surface area contributed by atoms with E-state index < -0.39 is 17.9 Å². The summed E-state index contributed by atoms with van der Waals surface area (Å²) in [5.41, 5.74) is 2.20. The fraction of sp³-hybridized carbons (Fsp3) is 0.533. The number of nitrogens with zero attached hydrogens (tertiary/aromatic N) is 1. The maximum atomic E-state index is 13.2. The van der Waals surface area contributed by atoms with Crippen LogP contribution in [0, 0.1) is 29.1 Å². The van der Waals surface area contributed by atoms with Crippen LogP contribution in [0.2, 0.25) is 0 Å². The fourth-order valence-corrected chi connectivity index (χ4v) is 8.39. The lowest BCUT2D eigenvalue weighted by Gasteiger charge is -2.56. The van der Waals surface area contributed by atoms with Gasteiger partial charge in [-0.1, -0.05) is 23.9 Å². The van der Waals surface area contributed by atoms with E-state index in [2.05, 4.69) is 16.7 Å². The van der Waals surface area contributed by atoms with Crippen molar-refractivity contribution in [2.24, 2.45) is 17.8 Å². The highest BCUT2D eigenvalue weighted by molar-refractivity contribution is 8.03. The number of benzene rings is 1. The smallest absolute Gasteiger partial charge is 0.337 e. The summed E-state index contributed by atoms with van der Waals surface area (Å²) in [6, 6.07) is 8.94. The third-order valence-corrected chi connectivity index (χ3v) is 9.62. The molecule has 8 nitrogen and oxygen atoms in total. The van der Waals surface area contributed by atoms with Gasteiger partial charge in [-0.3, -0.25) is 4.79 Å². The van der Waals surface area contributed by atoms with Gasteiger partial charge in [0.1, 0.15) is 0 Å².